The van der Waals surface area contributed by atoms with E-state index >= 15 is 0 Å². The van der Waals surface area contributed by atoms with Crippen molar-refractivity contribution in [3.63, 3.8) is 0 Å². The Bertz CT molecular complexity index is 262. The fraction of sp³-hybridized carbons (Fsp3) is 0.143. The van der Waals surface area contributed by atoms with Crippen molar-refractivity contribution in [1.82, 2.24) is 9.97 Å². The van der Waals surface area contributed by atoms with Crippen molar-refractivity contribution in [3.05, 3.63) is 16.9 Å². The van der Waals surface area contributed by atoms with Gasteiger partial charge in [0.1, 0.15) is 0 Å². The molecule has 0 fully saturated rings. The number of nitrogens with zero attached hydrogens (tertiary/aromatic N) is 2. The summed E-state index contributed by atoms with van der Waals surface area (Å²) in [7, 11) is 0. The van der Waals surface area contributed by atoms with Gasteiger partial charge in [0, 0.05) is 12.4 Å². The maximum absolute atomic E-state index is 5.03. The van der Waals surface area contributed by atoms with Gasteiger partial charge in [-0.3, -0.25) is 0 Å². The topological polar surface area (TPSA) is 37.8 Å². The van der Waals surface area contributed by atoms with Crippen molar-refractivity contribution in [2.24, 2.45) is 0 Å². The summed E-state index contributed by atoms with van der Waals surface area (Å²) in [5.74, 6) is 2.98. The average molecular weight is 212 g/mol. The van der Waals surface area contributed by atoms with E-state index in [1.54, 1.807) is 12.4 Å². The molecule has 0 aliphatic rings. The number of terminal acetylenes is 1. The van der Waals surface area contributed by atoms with E-state index < -0.39 is 0 Å². The van der Waals surface area contributed by atoms with Gasteiger partial charge in [-0.1, -0.05) is 5.92 Å². The molecular weight excluding hydrogens is 206 g/mol. The van der Waals surface area contributed by atoms with Crippen LogP contribution < -0.4 is 5.32 Å². The predicted octanol–water partition coefficient (Wildman–Crippen LogP) is 1.28. The SMILES string of the molecule is C#CCNc1ncc(Br)cn1. The van der Waals surface area contributed by atoms with Crippen molar-refractivity contribution in [2.75, 3.05) is 11.9 Å². The van der Waals surface area contributed by atoms with Crippen LogP contribution in [0.5, 0.6) is 0 Å². The third-order valence-corrected chi connectivity index (χ3v) is 1.38. The van der Waals surface area contributed by atoms with Crippen molar-refractivity contribution in [2.45, 2.75) is 0 Å². The molecule has 0 aliphatic heterocycles. The summed E-state index contributed by atoms with van der Waals surface area (Å²) in [6.45, 7) is 0.446. The van der Waals surface area contributed by atoms with Gasteiger partial charge < -0.3 is 5.32 Å². The summed E-state index contributed by atoms with van der Waals surface area (Å²) in [6.07, 6.45) is 8.35. The molecule has 1 aromatic rings. The van der Waals surface area contributed by atoms with Crippen LogP contribution in [0, 0.1) is 12.3 Å². The van der Waals surface area contributed by atoms with E-state index in [2.05, 4.69) is 37.1 Å². The molecule has 0 bridgehead atoms. The van der Waals surface area contributed by atoms with Crippen molar-refractivity contribution in [3.8, 4) is 12.3 Å². The lowest BCUT2D eigenvalue weighted by atomic mass is 10.6. The van der Waals surface area contributed by atoms with Crippen LogP contribution in [0.15, 0.2) is 16.9 Å². The third-order valence-electron chi connectivity index (χ3n) is 0.969. The maximum Gasteiger partial charge on any atom is 0.223 e. The Hall–Kier alpha value is -1.08. The molecule has 0 unspecified atom stereocenters. The summed E-state index contributed by atoms with van der Waals surface area (Å²) < 4.78 is 0.851. The van der Waals surface area contributed by atoms with Gasteiger partial charge >= 0.3 is 0 Å². The zero-order valence-corrected chi connectivity index (χ0v) is 7.30. The Kier molecular flexibility index (Phi) is 2.87. The number of rotatable bonds is 2. The zero-order chi connectivity index (χ0) is 8.10. The molecule has 1 heterocycles. The van der Waals surface area contributed by atoms with Crippen LogP contribution in [0.2, 0.25) is 0 Å². The van der Waals surface area contributed by atoms with Gasteiger partial charge in [-0.05, 0) is 15.9 Å². The van der Waals surface area contributed by atoms with E-state index in [-0.39, 0.29) is 0 Å². The second kappa shape index (κ2) is 3.94. The average Bonchev–Trinajstić information content (AvgIpc) is 2.04. The van der Waals surface area contributed by atoms with Crippen LogP contribution in [0.3, 0.4) is 0 Å². The highest BCUT2D eigenvalue weighted by Crippen LogP contribution is 2.05. The van der Waals surface area contributed by atoms with Gasteiger partial charge in [0.15, 0.2) is 0 Å². The standard InChI is InChI=1S/C7H6BrN3/c1-2-3-9-7-10-4-6(8)5-11-7/h1,4-5H,3H2,(H,9,10,11). The molecule has 1 rings (SSSR count). The first-order chi connectivity index (χ1) is 5.33. The highest BCUT2D eigenvalue weighted by Gasteiger charge is 1.91. The summed E-state index contributed by atoms with van der Waals surface area (Å²) in [6, 6.07) is 0. The van der Waals surface area contributed by atoms with E-state index in [9.17, 15) is 0 Å². The van der Waals surface area contributed by atoms with Gasteiger partial charge in [0.05, 0.1) is 11.0 Å². The molecule has 0 amide bonds. The summed E-state index contributed by atoms with van der Waals surface area (Å²) in [4.78, 5) is 7.90. The Balaban J connectivity index is 2.60. The Morgan fingerprint density at radius 3 is 2.73 bits per heavy atom. The second-order valence-electron chi connectivity index (χ2n) is 1.78. The normalized spacial score (nSPS) is 8.73. The lowest BCUT2D eigenvalue weighted by Crippen LogP contribution is -2.02. The first kappa shape index (κ1) is 8.02. The van der Waals surface area contributed by atoms with Gasteiger partial charge in [-0.25, -0.2) is 9.97 Å². The van der Waals surface area contributed by atoms with E-state index in [1.165, 1.54) is 0 Å². The van der Waals surface area contributed by atoms with Gasteiger partial charge in [0.2, 0.25) is 5.95 Å². The molecular formula is C7H6BrN3. The van der Waals surface area contributed by atoms with Crippen molar-refractivity contribution in [1.29, 1.82) is 0 Å². The maximum atomic E-state index is 5.03. The molecule has 3 nitrogen and oxygen atoms in total. The van der Waals surface area contributed by atoms with Gasteiger partial charge in [0.25, 0.3) is 0 Å². The van der Waals surface area contributed by atoms with Gasteiger partial charge in [-0.15, -0.1) is 6.42 Å². The molecule has 0 atom stereocenters. The first-order valence-corrected chi connectivity index (χ1v) is 3.77. The first-order valence-electron chi connectivity index (χ1n) is 2.98. The lowest BCUT2D eigenvalue weighted by Gasteiger charge is -1.97. The smallest absolute Gasteiger partial charge is 0.223 e. The zero-order valence-electron chi connectivity index (χ0n) is 5.71. The monoisotopic (exact) mass is 211 g/mol. The fourth-order valence-electron chi connectivity index (χ4n) is 0.534. The van der Waals surface area contributed by atoms with Crippen LogP contribution in [0.25, 0.3) is 0 Å². The quantitative estimate of drug-likeness (QED) is 0.750. The number of aromatic nitrogens is 2. The van der Waals surface area contributed by atoms with E-state index in [1.807, 2.05) is 0 Å². The van der Waals surface area contributed by atoms with Crippen molar-refractivity contribution >= 4 is 21.9 Å². The second-order valence-corrected chi connectivity index (χ2v) is 2.70. The summed E-state index contributed by atoms with van der Waals surface area (Å²) in [5, 5.41) is 2.84. The predicted molar refractivity (Wildman–Crippen MR) is 47.1 cm³/mol. The van der Waals surface area contributed by atoms with Crippen LogP contribution in [-0.2, 0) is 0 Å². The van der Waals surface area contributed by atoms with Gasteiger partial charge in [-0.2, -0.15) is 0 Å². The highest BCUT2D eigenvalue weighted by molar-refractivity contribution is 9.10. The fourth-order valence-corrected chi connectivity index (χ4v) is 0.738. The van der Waals surface area contributed by atoms with E-state index in [4.69, 9.17) is 6.42 Å². The number of hydrogen-bond donors (Lipinski definition) is 1. The van der Waals surface area contributed by atoms with Crippen LogP contribution in [0.4, 0.5) is 5.95 Å². The number of halogens is 1. The molecule has 0 aliphatic carbocycles. The molecule has 0 radical (unpaired) electrons. The molecule has 0 saturated carbocycles. The minimum Gasteiger partial charge on any atom is -0.343 e. The lowest BCUT2D eigenvalue weighted by molar-refractivity contribution is 1.12. The molecule has 0 aromatic carbocycles. The molecule has 56 valence electrons. The third kappa shape index (κ3) is 2.56. The molecule has 0 spiro atoms. The molecule has 1 N–H and O–H groups in total. The number of anilines is 1. The van der Waals surface area contributed by atoms with Crippen LogP contribution in [-0.4, -0.2) is 16.5 Å². The Morgan fingerprint density at radius 2 is 2.18 bits per heavy atom. The molecule has 4 heteroatoms. The summed E-state index contributed by atoms with van der Waals surface area (Å²) in [5.41, 5.74) is 0. The summed E-state index contributed by atoms with van der Waals surface area (Å²) >= 11 is 3.22. The van der Waals surface area contributed by atoms with Crippen LogP contribution >= 0.6 is 15.9 Å². The molecule has 1 aromatic heterocycles. The number of hydrogen-bond acceptors (Lipinski definition) is 3. The van der Waals surface area contributed by atoms with Crippen molar-refractivity contribution < 1.29 is 0 Å². The molecule has 0 saturated heterocycles. The van der Waals surface area contributed by atoms with E-state index in [0.29, 0.717) is 12.5 Å². The molecule has 11 heavy (non-hydrogen) atoms. The highest BCUT2D eigenvalue weighted by atomic mass is 79.9. The Labute approximate surface area is 73.4 Å². The number of nitrogens with one attached hydrogen (secondary N) is 1. The van der Waals surface area contributed by atoms with Crippen LogP contribution in [0.1, 0.15) is 0 Å². The minimum atomic E-state index is 0.446. The minimum absolute atomic E-state index is 0.446. The largest absolute Gasteiger partial charge is 0.343 e. The Morgan fingerprint density at radius 1 is 1.55 bits per heavy atom. The van der Waals surface area contributed by atoms with E-state index in [0.717, 1.165) is 4.47 Å².